The van der Waals surface area contributed by atoms with Crippen molar-refractivity contribution in [3.05, 3.63) is 18.0 Å². The molecular weight excluding hydrogens is 198 g/mol. The van der Waals surface area contributed by atoms with Crippen molar-refractivity contribution < 1.29 is 0 Å². The molecule has 3 heteroatoms. The van der Waals surface area contributed by atoms with Crippen molar-refractivity contribution in [1.29, 1.82) is 0 Å². The first-order chi connectivity index (χ1) is 7.75. The van der Waals surface area contributed by atoms with Crippen molar-refractivity contribution in [3.8, 4) is 0 Å². The van der Waals surface area contributed by atoms with Crippen molar-refractivity contribution in [2.24, 2.45) is 18.9 Å². The molecule has 0 aromatic carbocycles. The highest BCUT2D eigenvalue weighted by Crippen LogP contribution is 2.30. The summed E-state index contributed by atoms with van der Waals surface area (Å²) >= 11 is 0. The average molecular weight is 221 g/mol. The van der Waals surface area contributed by atoms with E-state index in [1.807, 2.05) is 17.9 Å². The SMILES string of the molecule is CC1CCCC1CNCCc1cnn(C)c1. The maximum Gasteiger partial charge on any atom is 0.0522 e. The summed E-state index contributed by atoms with van der Waals surface area (Å²) in [4.78, 5) is 0. The van der Waals surface area contributed by atoms with Crippen LogP contribution in [0.1, 0.15) is 31.7 Å². The summed E-state index contributed by atoms with van der Waals surface area (Å²) in [6, 6.07) is 0. The number of nitrogens with zero attached hydrogens (tertiary/aromatic N) is 2. The maximum atomic E-state index is 4.17. The summed E-state index contributed by atoms with van der Waals surface area (Å²) in [5.74, 6) is 1.83. The minimum absolute atomic E-state index is 0.911. The standard InChI is InChI=1S/C13H23N3/c1-11-4-3-5-13(11)9-14-7-6-12-8-15-16(2)10-12/h8,10-11,13-14H,3-7,9H2,1-2H3. The zero-order valence-corrected chi connectivity index (χ0v) is 10.4. The normalized spacial score (nSPS) is 25.1. The number of nitrogens with one attached hydrogen (secondary N) is 1. The Morgan fingerprint density at radius 3 is 3.00 bits per heavy atom. The molecule has 0 amide bonds. The van der Waals surface area contributed by atoms with Crippen LogP contribution in [0.3, 0.4) is 0 Å². The van der Waals surface area contributed by atoms with Gasteiger partial charge in [-0.05, 0) is 43.3 Å². The first-order valence-electron chi connectivity index (χ1n) is 6.44. The van der Waals surface area contributed by atoms with Crippen LogP contribution in [-0.2, 0) is 13.5 Å². The average Bonchev–Trinajstić information content (AvgIpc) is 2.83. The predicted octanol–water partition coefficient (Wildman–Crippen LogP) is 1.99. The molecular formula is C13H23N3. The summed E-state index contributed by atoms with van der Waals surface area (Å²) in [6.45, 7) is 4.66. The highest BCUT2D eigenvalue weighted by molar-refractivity contribution is 5.03. The molecule has 1 aromatic heterocycles. The van der Waals surface area contributed by atoms with E-state index in [9.17, 15) is 0 Å². The zero-order valence-electron chi connectivity index (χ0n) is 10.4. The van der Waals surface area contributed by atoms with E-state index in [0.29, 0.717) is 0 Å². The topological polar surface area (TPSA) is 29.9 Å². The molecule has 0 bridgehead atoms. The van der Waals surface area contributed by atoms with Crippen LogP contribution in [0.4, 0.5) is 0 Å². The maximum absolute atomic E-state index is 4.17. The van der Waals surface area contributed by atoms with Gasteiger partial charge in [0, 0.05) is 13.2 Å². The molecule has 1 N–H and O–H groups in total. The fourth-order valence-electron chi connectivity index (χ4n) is 2.65. The molecule has 1 aliphatic carbocycles. The molecule has 0 radical (unpaired) electrons. The van der Waals surface area contributed by atoms with Gasteiger partial charge >= 0.3 is 0 Å². The molecule has 1 aromatic rings. The molecule has 2 rings (SSSR count). The first kappa shape index (κ1) is 11.6. The Kier molecular flexibility index (Phi) is 3.99. The smallest absolute Gasteiger partial charge is 0.0522 e. The van der Waals surface area contributed by atoms with Crippen LogP contribution in [0.25, 0.3) is 0 Å². The van der Waals surface area contributed by atoms with Gasteiger partial charge in [0.1, 0.15) is 0 Å². The van der Waals surface area contributed by atoms with Gasteiger partial charge in [-0.25, -0.2) is 0 Å². The second-order valence-corrected chi connectivity index (χ2v) is 5.14. The van der Waals surface area contributed by atoms with Gasteiger partial charge < -0.3 is 5.32 Å². The number of aryl methyl sites for hydroxylation is 1. The Morgan fingerprint density at radius 2 is 2.38 bits per heavy atom. The van der Waals surface area contributed by atoms with Crippen molar-refractivity contribution in [2.75, 3.05) is 13.1 Å². The quantitative estimate of drug-likeness (QED) is 0.771. The van der Waals surface area contributed by atoms with Gasteiger partial charge in [0.05, 0.1) is 6.20 Å². The fraction of sp³-hybridized carbons (Fsp3) is 0.769. The fourth-order valence-corrected chi connectivity index (χ4v) is 2.65. The van der Waals surface area contributed by atoms with Crippen LogP contribution in [0, 0.1) is 11.8 Å². The Morgan fingerprint density at radius 1 is 1.50 bits per heavy atom. The van der Waals surface area contributed by atoms with Gasteiger partial charge in [-0.2, -0.15) is 5.10 Å². The molecule has 16 heavy (non-hydrogen) atoms. The van der Waals surface area contributed by atoms with E-state index >= 15 is 0 Å². The van der Waals surface area contributed by atoms with E-state index in [1.54, 1.807) is 0 Å². The van der Waals surface area contributed by atoms with E-state index in [1.165, 1.54) is 31.4 Å². The highest BCUT2D eigenvalue weighted by atomic mass is 15.2. The predicted molar refractivity (Wildman–Crippen MR) is 66.3 cm³/mol. The van der Waals surface area contributed by atoms with Crippen molar-refractivity contribution >= 4 is 0 Å². The summed E-state index contributed by atoms with van der Waals surface area (Å²) in [7, 11) is 1.97. The van der Waals surface area contributed by atoms with Crippen molar-refractivity contribution in [2.45, 2.75) is 32.6 Å². The van der Waals surface area contributed by atoms with Gasteiger partial charge in [-0.1, -0.05) is 19.8 Å². The van der Waals surface area contributed by atoms with Crippen molar-refractivity contribution in [3.63, 3.8) is 0 Å². The lowest BCUT2D eigenvalue weighted by Gasteiger charge is -2.15. The van der Waals surface area contributed by atoms with Crippen LogP contribution in [0.5, 0.6) is 0 Å². The van der Waals surface area contributed by atoms with Crippen LogP contribution >= 0.6 is 0 Å². The summed E-state index contributed by atoms with van der Waals surface area (Å²) in [5.41, 5.74) is 1.33. The molecule has 0 aliphatic heterocycles. The van der Waals surface area contributed by atoms with Gasteiger partial charge in [0.25, 0.3) is 0 Å². The van der Waals surface area contributed by atoms with Gasteiger partial charge in [-0.3, -0.25) is 4.68 Å². The Labute approximate surface area is 98.2 Å². The molecule has 1 fully saturated rings. The monoisotopic (exact) mass is 221 g/mol. The van der Waals surface area contributed by atoms with E-state index < -0.39 is 0 Å². The molecule has 90 valence electrons. The van der Waals surface area contributed by atoms with E-state index in [0.717, 1.165) is 24.8 Å². The largest absolute Gasteiger partial charge is 0.316 e. The van der Waals surface area contributed by atoms with Crippen molar-refractivity contribution in [1.82, 2.24) is 15.1 Å². The highest BCUT2D eigenvalue weighted by Gasteiger charge is 2.22. The minimum Gasteiger partial charge on any atom is -0.316 e. The van der Waals surface area contributed by atoms with Crippen LogP contribution < -0.4 is 5.32 Å². The van der Waals surface area contributed by atoms with E-state index in [2.05, 4.69) is 23.5 Å². The third kappa shape index (κ3) is 3.08. The van der Waals surface area contributed by atoms with Crippen LogP contribution in [0.15, 0.2) is 12.4 Å². The number of hydrogen-bond acceptors (Lipinski definition) is 2. The van der Waals surface area contributed by atoms with E-state index in [-0.39, 0.29) is 0 Å². The van der Waals surface area contributed by atoms with Gasteiger partial charge in [-0.15, -0.1) is 0 Å². The summed E-state index contributed by atoms with van der Waals surface area (Å²) in [5, 5.41) is 7.75. The molecule has 1 saturated carbocycles. The third-order valence-electron chi connectivity index (χ3n) is 3.79. The first-order valence-corrected chi connectivity index (χ1v) is 6.44. The number of rotatable bonds is 5. The molecule has 0 saturated heterocycles. The molecule has 0 spiro atoms. The molecule has 2 atom stereocenters. The zero-order chi connectivity index (χ0) is 11.4. The molecule has 3 nitrogen and oxygen atoms in total. The Hall–Kier alpha value is -0.830. The lowest BCUT2D eigenvalue weighted by atomic mass is 9.98. The number of aromatic nitrogens is 2. The molecule has 1 heterocycles. The van der Waals surface area contributed by atoms with Crippen LogP contribution in [-0.4, -0.2) is 22.9 Å². The lowest BCUT2D eigenvalue weighted by Crippen LogP contribution is -2.26. The molecule has 2 unspecified atom stereocenters. The Balaban J connectivity index is 1.61. The van der Waals surface area contributed by atoms with Crippen LogP contribution in [0.2, 0.25) is 0 Å². The second kappa shape index (κ2) is 5.48. The van der Waals surface area contributed by atoms with Gasteiger partial charge in [0.2, 0.25) is 0 Å². The minimum atomic E-state index is 0.911. The Bertz CT molecular complexity index is 319. The second-order valence-electron chi connectivity index (χ2n) is 5.14. The summed E-state index contributed by atoms with van der Waals surface area (Å²) < 4.78 is 1.87. The summed E-state index contributed by atoms with van der Waals surface area (Å²) in [6.07, 6.45) is 9.42. The number of hydrogen-bond donors (Lipinski definition) is 1. The van der Waals surface area contributed by atoms with Gasteiger partial charge in [0.15, 0.2) is 0 Å². The van der Waals surface area contributed by atoms with E-state index in [4.69, 9.17) is 0 Å². The third-order valence-corrected chi connectivity index (χ3v) is 3.79. The molecule has 1 aliphatic rings. The lowest BCUT2D eigenvalue weighted by molar-refractivity contribution is 0.394.